The smallest absolute Gasteiger partial charge is 0.294 e. The monoisotopic (exact) mass is 412 g/mol. The number of β-lactam (4-membered cyclic amide) rings is 1. The molecule has 146 valence electrons. The summed E-state index contributed by atoms with van der Waals surface area (Å²) in [6, 6.07) is 5.48. The number of tetrazole rings is 1. The standard InChI is InChI=1S/C8H12N6OS.C7H8O3S/c1-8(2)4(5-10-12-13-11-5)14-6(15)3(9)7(14)16-8;1-6-2-4-7(5-3-6)11(8,9)10/h3-4,7H,9H2,1-2H3,(H,10,11,12,13);2-5H,1H3,(H,8,9,10)/t3?,4?,7-;/m1./s1. The molecule has 2 fully saturated rings. The Bertz CT molecular complexity index is 930. The van der Waals surface area contributed by atoms with Gasteiger partial charge < -0.3 is 10.6 Å². The normalized spacial score (nSPS) is 26.0. The van der Waals surface area contributed by atoms with Crippen LogP contribution in [0.1, 0.15) is 31.3 Å². The van der Waals surface area contributed by atoms with Crippen LogP contribution in [0, 0.1) is 6.92 Å². The van der Waals surface area contributed by atoms with Gasteiger partial charge in [-0.15, -0.1) is 16.9 Å². The summed E-state index contributed by atoms with van der Waals surface area (Å²) < 4.78 is 29.4. The van der Waals surface area contributed by atoms with Gasteiger partial charge in [-0.25, -0.2) is 5.10 Å². The number of benzene rings is 1. The number of rotatable bonds is 2. The van der Waals surface area contributed by atoms with Crippen molar-refractivity contribution in [3.63, 3.8) is 0 Å². The van der Waals surface area contributed by atoms with Gasteiger partial charge in [0.1, 0.15) is 17.5 Å². The van der Waals surface area contributed by atoms with Gasteiger partial charge in [0.25, 0.3) is 10.1 Å². The average molecular weight is 412 g/mol. The average Bonchev–Trinajstić information content (AvgIpc) is 3.18. The quantitative estimate of drug-likeness (QED) is 0.472. The summed E-state index contributed by atoms with van der Waals surface area (Å²) in [6.45, 7) is 5.99. The summed E-state index contributed by atoms with van der Waals surface area (Å²) in [5, 5.41) is 13.8. The fourth-order valence-electron chi connectivity index (χ4n) is 3.08. The Balaban J connectivity index is 0.000000168. The van der Waals surface area contributed by atoms with E-state index in [4.69, 9.17) is 10.3 Å². The first kappa shape index (κ1) is 19.7. The van der Waals surface area contributed by atoms with Crippen LogP contribution in [-0.2, 0) is 14.9 Å². The lowest BCUT2D eigenvalue weighted by Gasteiger charge is -2.42. The number of thioether (sulfide) groups is 1. The highest BCUT2D eigenvalue weighted by Crippen LogP contribution is 2.56. The highest BCUT2D eigenvalue weighted by Gasteiger charge is 2.61. The lowest BCUT2D eigenvalue weighted by Crippen LogP contribution is -2.65. The van der Waals surface area contributed by atoms with Crippen LogP contribution in [0.5, 0.6) is 0 Å². The molecule has 1 amide bonds. The van der Waals surface area contributed by atoms with Crippen LogP contribution in [-0.4, -0.2) is 60.6 Å². The van der Waals surface area contributed by atoms with Crippen LogP contribution >= 0.6 is 11.8 Å². The number of nitrogens with two attached hydrogens (primary N) is 1. The minimum atomic E-state index is -4.02. The number of amides is 1. The molecule has 2 saturated heterocycles. The second kappa shape index (κ2) is 6.86. The molecule has 3 heterocycles. The van der Waals surface area contributed by atoms with E-state index in [9.17, 15) is 13.2 Å². The van der Waals surface area contributed by atoms with Crippen LogP contribution in [0.4, 0.5) is 0 Å². The molecule has 0 spiro atoms. The SMILES string of the molecule is CC1(C)S[C@@H]2C(N)C(=O)N2C1c1nnn[nH]1.Cc1ccc(S(=O)(=O)O)cc1. The first-order valence-corrected chi connectivity index (χ1v) is 10.4. The van der Waals surface area contributed by atoms with E-state index < -0.39 is 10.1 Å². The van der Waals surface area contributed by atoms with Crippen molar-refractivity contribution >= 4 is 27.8 Å². The fraction of sp³-hybridized carbons (Fsp3) is 0.467. The number of H-pyrrole nitrogens is 1. The number of hydrogen-bond donors (Lipinski definition) is 3. The molecular formula is C15H20N6O4S2. The number of carbonyl (C=O) groups excluding carboxylic acids is 1. The van der Waals surface area contributed by atoms with Gasteiger partial charge in [0.2, 0.25) is 5.91 Å². The van der Waals surface area contributed by atoms with Gasteiger partial charge in [0.05, 0.1) is 4.90 Å². The lowest BCUT2D eigenvalue weighted by molar-refractivity contribution is -0.147. The zero-order valence-corrected chi connectivity index (χ0v) is 16.5. The summed E-state index contributed by atoms with van der Waals surface area (Å²) >= 11 is 1.70. The zero-order valence-electron chi connectivity index (χ0n) is 14.9. The number of nitrogens with one attached hydrogen (secondary N) is 1. The minimum Gasteiger partial charge on any atom is -0.317 e. The van der Waals surface area contributed by atoms with Gasteiger partial charge in [0, 0.05) is 4.75 Å². The van der Waals surface area contributed by atoms with Gasteiger partial charge in [-0.1, -0.05) is 17.7 Å². The summed E-state index contributed by atoms with van der Waals surface area (Å²) in [6.07, 6.45) is 0. The Hall–Kier alpha value is -2.02. The van der Waals surface area contributed by atoms with Crippen molar-refractivity contribution in [2.24, 2.45) is 5.73 Å². The predicted octanol–water partition coefficient (Wildman–Crippen LogP) is 0.504. The van der Waals surface area contributed by atoms with Gasteiger partial charge in [-0.05, 0) is 43.3 Å². The van der Waals surface area contributed by atoms with Crippen molar-refractivity contribution in [2.75, 3.05) is 0 Å². The number of nitrogens with zero attached hydrogens (tertiary/aromatic N) is 4. The molecule has 2 aromatic rings. The first-order chi connectivity index (χ1) is 12.5. The summed E-state index contributed by atoms with van der Waals surface area (Å²) in [7, 11) is -4.02. The van der Waals surface area contributed by atoms with E-state index in [0.717, 1.165) is 5.56 Å². The number of aromatic nitrogens is 4. The number of hydrogen-bond acceptors (Lipinski definition) is 8. The number of carbonyl (C=O) groups is 1. The molecule has 10 nitrogen and oxygen atoms in total. The molecule has 0 radical (unpaired) electrons. The van der Waals surface area contributed by atoms with E-state index in [-0.39, 0.29) is 33.0 Å². The summed E-state index contributed by atoms with van der Waals surface area (Å²) in [5.41, 5.74) is 6.73. The highest BCUT2D eigenvalue weighted by molar-refractivity contribution is 8.01. The van der Waals surface area contributed by atoms with E-state index in [0.29, 0.717) is 5.82 Å². The Labute approximate surface area is 160 Å². The van der Waals surface area contributed by atoms with Crippen molar-refractivity contribution in [3.8, 4) is 0 Å². The molecule has 12 heteroatoms. The number of fused-ring (bicyclic) bond motifs is 1. The molecule has 27 heavy (non-hydrogen) atoms. The van der Waals surface area contributed by atoms with Crippen molar-refractivity contribution in [3.05, 3.63) is 35.7 Å². The first-order valence-electron chi connectivity index (χ1n) is 8.06. The van der Waals surface area contributed by atoms with Crippen LogP contribution in [0.3, 0.4) is 0 Å². The molecule has 1 aromatic carbocycles. The number of aryl methyl sites for hydroxylation is 1. The molecule has 0 bridgehead atoms. The minimum absolute atomic E-state index is 0.0236. The topological polar surface area (TPSA) is 155 Å². The number of aromatic amines is 1. The van der Waals surface area contributed by atoms with Gasteiger partial charge in [-0.2, -0.15) is 8.42 Å². The third-order valence-electron chi connectivity index (χ3n) is 4.42. The molecule has 4 rings (SSSR count). The lowest BCUT2D eigenvalue weighted by atomic mass is 9.96. The second-order valence-electron chi connectivity index (χ2n) is 6.86. The van der Waals surface area contributed by atoms with Crippen LogP contribution in [0.15, 0.2) is 29.2 Å². The van der Waals surface area contributed by atoms with Crippen LogP contribution in [0.25, 0.3) is 0 Å². The molecule has 2 aliphatic rings. The summed E-state index contributed by atoms with van der Waals surface area (Å²) in [4.78, 5) is 13.5. The molecule has 4 N–H and O–H groups in total. The van der Waals surface area contributed by atoms with E-state index >= 15 is 0 Å². The van der Waals surface area contributed by atoms with Crippen molar-refractivity contribution in [2.45, 2.75) is 47.9 Å². The van der Waals surface area contributed by atoms with Gasteiger partial charge in [0.15, 0.2) is 5.82 Å². The maximum atomic E-state index is 11.7. The predicted molar refractivity (Wildman–Crippen MR) is 98.2 cm³/mol. The molecule has 2 unspecified atom stereocenters. The molecule has 3 atom stereocenters. The Kier molecular flexibility index (Phi) is 5.01. The van der Waals surface area contributed by atoms with Gasteiger partial charge in [-0.3, -0.25) is 9.35 Å². The van der Waals surface area contributed by atoms with Crippen molar-refractivity contribution < 1.29 is 17.8 Å². The maximum Gasteiger partial charge on any atom is 0.294 e. The Morgan fingerprint density at radius 2 is 1.93 bits per heavy atom. The maximum absolute atomic E-state index is 11.7. The molecule has 2 aliphatic heterocycles. The second-order valence-corrected chi connectivity index (χ2v) is 10.1. The Morgan fingerprint density at radius 1 is 1.30 bits per heavy atom. The van der Waals surface area contributed by atoms with Crippen LogP contribution in [0.2, 0.25) is 0 Å². The van der Waals surface area contributed by atoms with Crippen LogP contribution < -0.4 is 5.73 Å². The molecule has 0 saturated carbocycles. The van der Waals surface area contributed by atoms with E-state index in [1.54, 1.807) is 28.8 Å². The molecular weight excluding hydrogens is 392 g/mol. The van der Waals surface area contributed by atoms with E-state index in [1.807, 2.05) is 6.92 Å². The molecule has 0 aliphatic carbocycles. The summed E-state index contributed by atoms with van der Waals surface area (Å²) in [5.74, 6) is 0.602. The van der Waals surface area contributed by atoms with E-state index in [2.05, 4.69) is 34.5 Å². The highest BCUT2D eigenvalue weighted by atomic mass is 32.2. The van der Waals surface area contributed by atoms with Crippen molar-refractivity contribution in [1.82, 2.24) is 25.5 Å². The Morgan fingerprint density at radius 3 is 2.44 bits per heavy atom. The van der Waals surface area contributed by atoms with Gasteiger partial charge >= 0.3 is 0 Å². The largest absolute Gasteiger partial charge is 0.317 e. The zero-order chi connectivity index (χ0) is 20.0. The third-order valence-corrected chi connectivity index (χ3v) is 6.88. The molecule has 1 aromatic heterocycles. The van der Waals surface area contributed by atoms with Crippen molar-refractivity contribution in [1.29, 1.82) is 0 Å². The van der Waals surface area contributed by atoms with E-state index in [1.165, 1.54) is 12.1 Å². The fourth-order valence-corrected chi connectivity index (χ4v) is 5.14. The third kappa shape index (κ3) is 3.70.